The number of hydrogen-bond donors (Lipinski definition) is 0. The number of ether oxygens (including phenoxy) is 1. The van der Waals surface area contributed by atoms with E-state index in [2.05, 4.69) is 9.17 Å². The lowest BCUT2D eigenvalue weighted by atomic mass is 9.94. The standard InChI is InChI=1S/C29H25F3N2O8S2/c1-28(2)24(27(36)42-23(19-9-5-3-6-10-19)20-11-7-4-8-12-20)34-25(35)22(26(34)43(28,37)38)16-21-15-18(13-14-33-21)17-41-44(39,40)29(30,31)32/h3-16,23-24,26H,17H2,1-2H3/b22-16-/t24-,26?/m0/s1. The van der Waals surface area contributed by atoms with Gasteiger partial charge >= 0.3 is 21.6 Å². The van der Waals surface area contributed by atoms with Crippen molar-refractivity contribution in [3.05, 3.63) is 107 Å². The molecule has 0 radical (unpaired) electrons. The van der Waals surface area contributed by atoms with Gasteiger partial charge in [0.1, 0.15) is 4.75 Å². The quantitative estimate of drug-likeness (QED) is 0.117. The van der Waals surface area contributed by atoms with E-state index >= 15 is 0 Å². The molecule has 3 heterocycles. The Balaban J connectivity index is 1.42. The van der Waals surface area contributed by atoms with Crippen LogP contribution in [0.5, 0.6) is 0 Å². The molecular formula is C29H25F3N2O8S2. The summed E-state index contributed by atoms with van der Waals surface area (Å²) >= 11 is 0. The van der Waals surface area contributed by atoms with Crippen molar-refractivity contribution < 1.29 is 48.5 Å². The smallest absolute Gasteiger partial charge is 0.451 e. The molecule has 2 atom stereocenters. The van der Waals surface area contributed by atoms with E-state index in [9.17, 15) is 39.6 Å². The molecule has 232 valence electrons. The molecule has 1 unspecified atom stereocenters. The maximum absolute atomic E-state index is 13.7. The number of hydrogen-bond acceptors (Lipinski definition) is 9. The third-order valence-electron chi connectivity index (χ3n) is 7.44. The van der Waals surface area contributed by atoms with Crippen LogP contribution in [0, 0.1) is 0 Å². The van der Waals surface area contributed by atoms with E-state index in [4.69, 9.17) is 4.74 Å². The first-order valence-electron chi connectivity index (χ1n) is 13.0. The number of sulfone groups is 1. The maximum Gasteiger partial charge on any atom is 0.523 e. The molecule has 1 amide bonds. The molecule has 2 aromatic carbocycles. The van der Waals surface area contributed by atoms with Crippen LogP contribution < -0.4 is 0 Å². The normalized spacial score (nSPS) is 21.6. The molecule has 0 spiro atoms. The molecule has 2 fully saturated rings. The highest BCUT2D eigenvalue weighted by Gasteiger charge is 2.70. The Labute approximate surface area is 251 Å². The molecule has 5 rings (SSSR count). The predicted molar refractivity (Wildman–Crippen MR) is 150 cm³/mol. The number of aromatic nitrogens is 1. The van der Waals surface area contributed by atoms with Gasteiger partial charge in [-0.2, -0.15) is 21.6 Å². The van der Waals surface area contributed by atoms with Crippen LogP contribution in [0.25, 0.3) is 6.08 Å². The Hall–Kier alpha value is -4.08. The summed E-state index contributed by atoms with van der Waals surface area (Å²) in [6.45, 7) is 1.68. The van der Waals surface area contributed by atoms with Gasteiger partial charge in [-0.05, 0) is 48.7 Å². The molecule has 0 aliphatic carbocycles. The zero-order valence-electron chi connectivity index (χ0n) is 23.1. The van der Waals surface area contributed by atoms with Crippen LogP contribution in [-0.4, -0.2) is 60.3 Å². The van der Waals surface area contributed by atoms with Crippen molar-refractivity contribution >= 4 is 37.9 Å². The Morgan fingerprint density at radius 3 is 2.16 bits per heavy atom. The van der Waals surface area contributed by atoms with Gasteiger partial charge in [0.25, 0.3) is 5.91 Å². The number of halogens is 3. The number of benzene rings is 2. The molecule has 2 aliphatic heterocycles. The SMILES string of the molecule is CC1(C)[C@H](C(=O)OC(c2ccccc2)c2ccccc2)N2C(=O)/C(=C/c3cc(COS(=O)(=O)C(F)(F)F)ccn3)C2S1(=O)=O. The van der Waals surface area contributed by atoms with Gasteiger partial charge < -0.3 is 9.64 Å². The van der Waals surface area contributed by atoms with Gasteiger partial charge in [-0.15, -0.1) is 0 Å². The topological polar surface area (TPSA) is 137 Å². The number of nitrogens with zero attached hydrogens (tertiary/aromatic N) is 2. The number of carbonyl (C=O) groups is 2. The molecule has 3 aromatic rings. The Bertz CT molecular complexity index is 1810. The second-order valence-corrected chi connectivity index (χ2v) is 14.8. The number of β-lactam (4-membered cyclic amide) rings is 1. The number of alkyl halides is 3. The second-order valence-electron chi connectivity index (χ2n) is 10.6. The number of pyridine rings is 1. The maximum atomic E-state index is 13.7. The zero-order valence-corrected chi connectivity index (χ0v) is 24.8. The van der Waals surface area contributed by atoms with Crippen molar-refractivity contribution in [1.82, 2.24) is 9.88 Å². The molecule has 0 saturated carbocycles. The minimum atomic E-state index is -5.85. The van der Waals surface area contributed by atoms with E-state index in [1.54, 1.807) is 60.7 Å². The minimum absolute atomic E-state index is 0.0350. The third kappa shape index (κ3) is 5.39. The van der Waals surface area contributed by atoms with Crippen LogP contribution in [0.2, 0.25) is 0 Å². The van der Waals surface area contributed by atoms with Crippen molar-refractivity contribution in [2.75, 3.05) is 0 Å². The van der Waals surface area contributed by atoms with Gasteiger partial charge in [0.2, 0.25) is 0 Å². The van der Waals surface area contributed by atoms with Crippen LogP contribution in [0.4, 0.5) is 13.2 Å². The zero-order chi connectivity index (χ0) is 32.1. The summed E-state index contributed by atoms with van der Waals surface area (Å²) in [6, 6.07) is 18.5. The molecule has 15 heteroatoms. The summed E-state index contributed by atoms with van der Waals surface area (Å²) in [6.07, 6.45) is 1.37. The van der Waals surface area contributed by atoms with E-state index in [0.29, 0.717) is 11.1 Å². The van der Waals surface area contributed by atoms with Crippen molar-refractivity contribution in [1.29, 1.82) is 0 Å². The van der Waals surface area contributed by atoms with E-state index < -0.39 is 66.2 Å². The number of esters is 1. The fourth-order valence-corrected chi connectivity index (χ4v) is 7.66. The summed E-state index contributed by atoms with van der Waals surface area (Å²) in [7, 11) is -10.1. The van der Waals surface area contributed by atoms with Gasteiger partial charge in [0, 0.05) is 6.20 Å². The van der Waals surface area contributed by atoms with Crippen molar-refractivity contribution in [2.24, 2.45) is 0 Å². The summed E-state index contributed by atoms with van der Waals surface area (Å²) in [4.78, 5) is 32.0. The van der Waals surface area contributed by atoms with Crippen LogP contribution in [-0.2, 0) is 45.1 Å². The lowest BCUT2D eigenvalue weighted by Crippen LogP contribution is -2.59. The van der Waals surface area contributed by atoms with Crippen LogP contribution in [0.3, 0.4) is 0 Å². The molecule has 2 aliphatic rings. The highest BCUT2D eigenvalue weighted by atomic mass is 32.2. The second kappa shape index (κ2) is 11.1. The Kier molecular flexibility index (Phi) is 7.93. The summed E-state index contributed by atoms with van der Waals surface area (Å²) in [5, 5.41) is -1.51. The van der Waals surface area contributed by atoms with Crippen molar-refractivity contribution in [3.8, 4) is 0 Å². The average Bonchev–Trinajstić information content (AvgIpc) is 3.12. The fraction of sp³-hybridized carbons (Fsp3) is 0.276. The summed E-state index contributed by atoms with van der Waals surface area (Å²) < 4.78 is 95.8. The summed E-state index contributed by atoms with van der Waals surface area (Å²) in [5.74, 6) is -1.69. The fourth-order valence-electron chi connectivity index (χ4n) is 5.12. The first-order valence-corrected chi connectivity index (χ1v) is 16.0. The highest BCUT2D eigenvalue weighted by molar-refractivity contribution is 7.94. The van der Waals surface area contributed by atoms with Gasteiger partial charge in [-0.25, -0.2) is 13.2 Å². The minimum Gasteiger partial charge on any atom is -0.451 e. The average molecular weight is 651 g/mol. The lowest BCUT2D eigenvalue weighted by molar-refractivity contribution is -0.160. The number of rotatable bonds is 8. The van der Waals surface area contributed by atoms with Crippen molar-refractivity contribution in [2.45, 2.75) is 48.2 Å². The Morgan fingerprint density at radius 1 is 1.05 bits per heavy atom. The van der Waals surface area contributed by atoms with Crippen LogP contribution in [0.15, 0.2) is 84.6 Å². The molecule has 44 heavy (non-hydrogen) atoms. The number of fused-ring (bicyclic) bond motifs is 1. The largest absolute Gasteiger partial charge is 0.523 e. The molecule has 2 saturated heterocycles. The first kappa shape index (κ1) is 31.3. The van der Waals surface area contributed by atoms with Gasteiger partial charge in [0.15, 0.2) is 27.4 Å². The van der Waals surface area contributed by atoms with E-state index in [-0.39, 0.29) is 16.8 Å². The molecule has 10 nitrogen and oxygen atoms in total. The number of carbonyl (C=O) groups excluding carboxylic acids is 2. The molecular weight excluding hydrogens is 625 g/mol. The van der Waals surface area contributed by atoms with Crippen molar-refractivity contribution in [3.63, 3.8) is 0 Å². The van der Waals surface area contributed by atoms with Gasteiger partial charge in [-0.3, -0.25) is 14.0 Å². The van der Waals surface area contributed by atoms with Crippen LogP contribution >= 0.6 is 0 Å². The van der Waals surface area contributed by atoms with E-state index in [1.807, 2.05) is 0 Å². The van der Waals surface area contributed by atoms with Gasteiger partial charge in [0.05, 0.1) is 17.9 Å². The molecule has 0 N–H and O–H groups in total. The van der Waals surface area contributed by atoms with E-state index in [1.165, 1.54) is 19.9 Å². The third-order valence-corrected chi connectivity index (χ3v) is 11.2. The van der Waals surface area contributed by atoms with Crippen LogP contribution in [0.1, 0.15) is 42.3 Å². The lowest BCUT2D eigenvalue weighted by Gasteiger charge is -2.38. The Morgan fingerprint density at radius 2 is 1.61 bits per heavy atom. The highest BCUT2D eigenvalue weighted by Crippen LogP contribution is 2.49. The molecule has 1 aromatic heterocycles. The molecule has 0 bridgehead atoms. The first-order chi connectivity index (χ1) is 20.6. The van der Waals surface area contributed by atoms with E-state index in [0.717, 1.165) is 23.2 Å². The predicted octanol–water partition coefficient (Wildman–Crippen LogP) is 3.91. The number of amides is 1. The summed E-state index contributed by atoms with van der Waals surface area (Å²) in [5.41, 5.74) is -4.63. The monoisotopic (exact) mass is 650 g/mol. The van der Waals surface area contributed by atoms with Gasteiger partial charge in [-0.1, -0.05) is 60.7 Å².